The van der Waals surface area contributed by atoms with Crippen LogP contribution in [0.3, 0.4) is 0 Å². The normalized spacial score (nSPS) is 11.7. The fraction of sp³-hybridized carbons (Fsp3) is 0.0769. The number of allylic oxidation sites excluding steroid dienone is 2. The smallest absolute Gasteiger partial charge is 0.339 e. The van der Waals surface area contributed by atoms with Crippen LogP contribution in [0.4, 0.5) is 0 Å². The van der Waals surface area contributed by atoms with E-state index in [-0.39, 0.29) is 16.4 Å². The number of nitrogens with one attached hydrogen (secondary N) is 1. The van der Waals surface area contributed by atoms with Gasteiger partial charge >= 0.3 is 10.1 Å². The quantitative estimate of drug-likeness (QED) is 0.217. The molecule has 0 fully saturated rings. The van der Waals surface area contributed by atoms with Gasteiger partial charge in [-0.3, -0.25) is 0 Å². The van der Waals surface area contributed by atoms with Crippen LogP contribution in [0.1, 0.15) is 17.0 Å². The molecule has 0 aliphatic heterocycles. The van der Waals surface area contributed by atoms with Gasteiger partial charge < -0.3 is 13.9 Å². The van der Waals surface area contributed by atoms with Gasteiger partial charge in [0.15, 0.2) is 11.5 Å². The van der Waals surface area contributed by atoms with E-state index in [9.17, 15) is 13.7 Å². The number of methoxy groups -OCH3 is 1. The van der Waals surface area contributed by atoms with Gasteiger partial charge in [-0.05, 0) is 54.5 Å². The van der Waals surface area contributed by atoms with E-state index in [1.54, 1.807) is 42.5 Å². The Morgan fingerprint density at radius 2 is 1.88 bits per heavy atom. The van der Waals surface area contributed by atoms with Gasteiger partial charge in [-0.25, -0.2) is 4.98 Å². The molecule has 7 nitrogen and oxygen atoms in total. The minimum absolute atomic E-state index is 0.0298. The molecule has 0 unspecified atom stereocenters. The number of nitrogens with zero attached hydrogens (tertiary/aromatic N) is 2. The number of aromatic nitrogens is 2. The van der Waals surface area contributed by atoms with E-state index in [1.165, 1.54) is 19.2 Å². The standard InChI is InChI=1S/C26H21N3O4S/c1-3-9-19-14-18(15-20(17-27)26-28-22-12-7-8-13-23(22)29-26)16-24(32-2)25(19)33-34(30,31)21-10-5-4-6-11-21/h3-8,10-16H,1,9H2,2H3,(H,28,29)/b20-15+. The predicted octanol–water partition coefficient (Wildman–Crippen LogP) is 5.13. The number of fused-ring (bicyclic) bond motifs is 1. The molecule has 1 aromatic heterocycles. The van der Waals surface area contributed by atoms with Crippen LogP contribution in [0.15, 0.2) is 84.3 Å². The molecule has 1 heterocycles. The summed E-state index contributed by atoms with van der Waals surface area (Å²) in [6, 6.07) is 20.9. The summed E-state index contributed by atoms with van der Waals surface area (Å²) in [7, 11) is -2.66. The molecule has 0 bridgehead atoms. The van der Waals surface area contributed by atoms with Crippen LogP contribution < -0.4 is 8.92 Å². The summed E-state index contributed by atoms with van der Waals surface area (Å²) >= 11 is 0. The van der Waals surface area contributed by atoms with Crippen molar-refractivity contribution in [2.45, 2.75) is 11.3 Å². The van der Waals surface area contributed by atoms with Crippen LogP contribution in [0.5, 0.6) is 11.5 Å². The molecule has 0 amide bonds. The molecule has 34 heavy (non-hydrogen) atoms. The van der Waals surface area contributed by atoms with Crippen molar-refractivity contribution in [2.75, 3.05) is 7.11 Å². The lowest BCUT2D eigenvalue weighted by atomic mass is 10.0. The summed E-state index contributed by atoms with van der Waals surface area (Å²) in [6.07, 6.45) is 3.61. The van der Waals surface area contributed by atoms with Crippen LogP contribution >= 0.6 is 0 Å². The highest BCUT2D eigenvalue weighted by Gasteiger charge is 2.22. The molecule has 8 heteroatoms. The molecule has 4 aromatic rings. The Morgan fingerprint density at radius 1 is 1.15 bits per heavy atom. The third-order valence-corrected chi connectivity index (χ3v) is 6.27. The first kappa shape index (κ1) is 22.8. The maximum atomic E-state index is 12.8. The Morgan fingerprint density at radius 3 is 2.56 bits per heavy atom. The summed E-state index contributed by atoms with van der Waals surface area (Å²) in [5.41, 5.74) is 3.04. The van der Waals surface area contributed by atoms with Crippen molar-refractivity contribution >= 4 is 32.8 Å². The molecule has 3 aromatic carbocycles. The van der Waals surface area contributed by atoms with E-state index in [2.05, 4.69) is 22.6 Å². The molecular weight excluding hydrogens is 450 g/mol. The molecule has 0 aliphatic rings. The first-order valence-corrected chi connectivity index (χ1v) is 11.7. The number of rotatable bonds is 8. The van der Waals surface area contributed by atoms with Crippen molar-refractivity contribution in [3.8, 4) is 17.6 Å². The molecule has 1 N–H and O–H groups in total. The molecular formula is C26H21N3O4S. The maximum Gasteiger partial charge on any atom is 0.339 e. The summed E-state index contributed by atoms with van der Waals surface area (Å²) < 4.78 is 36.6. The van der Waals surface area contributed by atoms with Crippen molar-refractivity contribution in [3.63, 3.8) is 0 Å². The number of benzene rings is 3. The number of hydrogen-bond acceptors (Lipinski definition) is 6. The lowest BCUT2D eigenvalue weighted by Gasteiger charge is -2.15. The second-order valence-electron chi connectivity index (χ2n) is 7.33. The Bertz CT molecular complexity index is 1500. The summed E-state index contributed by atoms with van der Waals surface area (Å²) in [6.45, 7) is 3.76. The van der Waals surface area contributed by atoms with Gasteiger partial charge in [0, 0.05) is 5.56 Å². The molecule has 0 saturated heterocycles. The van der Waals surface area contributed by atoms with Crippen molar-refractivity contribution in [1.29, 1.82) is 5.26 Å². The Labute approximate surface area is 197 Å². The Kier molecular flexibility index (Phi) is 6.48. The highest BCUT2D eigenvalue weighted by molar-refractivity contribution is 7.87. The third-order valence-electron chi connectivity index (χ3n) is 5.04. The minimum atomic E-state index is -4.08. The highest BCUT2D eigenvalue weighted by atomic mass is 32.2. The second kappa shape index (κ2) is 9.65. The first-order valence-electron chi connectivity index (χ1n) is 10.3. The molecule has 0 atom stereocenters. The average molecular weight is 472 g/mol. The zero-order valence-corrected chi connectivity index (χ0v) is 19.2. The maximum absolute atomic E-state index is 12.8. The van der Waals surface area contributed by atoms with Gasteiger partial charge in [0.25, 0.3) is 0 Å². The molecule has 0 radical (unpaired) electrons. The number of aromatic amines is 1. The van der Waals surface area contributed by atoms with E-state index < -0.39 is 10.1 Å². The topological polar surface area (TPSA) is 105 Å². The van der Waals surface area contributed by atoms with Crippen LogP contribution in [0, 0.1) is 11.3 Å². The predicted molar refractivity (Wildman–Crippen MR) is 131 cm³/mol. The van der Waals surface area contributed by atoms with Gasteiger partial charge in [-0.15, -0.1) is 6.58 Å². The number of hydrogen-bond donors (Lipinski definition) is 1. The fourth-order valence-electron chi connectivity index (χ4n) is 3.47. The Hall–Kier alpha value is -4.35. The van der Waals surface area contributed by atoms with Crippen LogP contribution in [-0.2, 0) is 16.5 Å². The second-order valence-corrected chi connectivity index (χ2v) is 8.87. The Balaban J connectivity index is 1.78. The molecule has 0 spiro atoms. The molecule has 0 saturated carbocycles. The van der Waals surface area contributed by atoms with E-state index in [1.807, 2.05) is 24.3 Å². The van der Waals surface area contributed by atoms with E-state index in [0.717, 1.165) is 11.0 Å². The zero-order valence-electron chi connectivity index (χ0n) is 18.4. The number of para-hydroxylation sites is 2. The fourth-order valence-corrected chi connectivity index (χ4v) is 4.46. The zero-order chi connectivity index (χ0) is 24.1. The monoisotopic (exact) mass is 471 g/mol. The van der Waals surface area contributed by atoms with Crippen LogP contribution in [0.2, 0.25) is 0 Å². The van der Waals surface area contributed by atoms with Crippen LogP contribution in [-0.4, -0.2) is 25.5 Å². The molecule has 0 aliphatic carbocycles. The number of nitriles is 1. The van der Waals surface area contributed by atoms with Gasteiger partial charge in [0.2, 0.25) is 0 Å². The summed E-state index contributed by atoms with van der Waals surface area (Å²) in [5.74, 6) is 0.720. The third kappa shape index (κ3) is 4.70. The largest absolute Gasteiger partial charge is 0.493 e. The van der Waals surface area contributed by atoms with Crippen LogP contribution in [0.25, 0.3) is 22.7 Å². The molecule has 170 valence electrons. The number of ether oxygens (including phenoxy) is 1. The minimum Gasteiger partial charge on any atom is -0.493 e. The highest BCUT2D eigenvalue weighted by Crippen LogP contribution is 2.36. The summed E-state index contributed by atoms with van der Waals surface area (Å²) in [5, 5.41) is 9.77. The number of H-pyrrole nitrogens is 1. The van der Waals surface area contributed by atoms with Crippen molar-refractivity contribution in [2.24, 2.45) is 0 Å². The summed E-state index contributed by atoms with van der Waals surface area (Å²) in [4.78, 5) is 7.66. The van der Waals surface area contributed by atoms with Crippen molar-refractivity contribution in [3.05, 3.63) is 96.3 Å². The van der Waals surface area contributed by atoms with Gasteiger partial charge in [-0.2, -0.15) is 13.7 Å². The first-order chi connectivity index (χ1) is 16.4. The lowest BCUT2D eigenvalue weighted by molar-refractivity contribution is 0.389. The van der Waals surface area contributed by atoms with E-state index in [0.29, 0.717) is 28.9 Å². The van der Waals surface area contributed by atoms with Gasteiger partial charge in [-0.1, -0.05) is 36.4 Å². The lowest BCUT2D eigenvalue weighted by Crippen LogP contribution is -2.12. The van der Waals surface area contributed by atoms with E-state index in [4.69, 9.17) is 8.92 Å². The molecule has 4 rings (SSSR count). The average Bonchev–Trinajstić information content (AvgIpc) is 3.28. The SMILES string of the molecule is C=CCc1cc(/C=C(\C#N)c2nc3ccccc3[nH]2)cc(OC)c1OS(=O)(=O)c1ccccc1. The van der Waals surface area contributed by atoms with Crippen molar-refractivity contribution < 1.29 is 17.3 Å². The van der Waals surface area contributed by atoms with Gasteiger partial charge in [0.05, 0.1) is 23.7 Å². The van der Waals surface area contributed by atoms with Gasteiger partial charge in [0.1, 0.15) is 16.8 Å². The van der Waals surface area contributed by atoms with Crippen molar-refractivity contribution in [1.82, 2.24) is 9.97 Å². The van der Waals surface area contributed by atoms with E-state index >= 15 is 0 Å². The number of imidazole rings is 1.